The summed E-state index contributed by atoms with van der Waals surface area (Å²) < 4.78 is 23.2. The van der Waals surface area contributed by atoms with Crippen molar-refractivity contribution in [2.45, 2.75) is 17.2 Å². The predicted octanol–water partition coefficient (Wildman–Crippen LogP) is 3.11. The van der Waals surface area contributed by atoms with Gasteiger partial charge in [0.1, 0.15) is 0 Å². The summed E-state index contributed by atoms with van der Waals surface area (Å²) in [5, 5.41) is 2.79. The Morgan fingerprint density at radius 3 is 2.58 bits per heavy atom. The largest absolute Gasteiger partial charge is 0.324 e. The van der Waals surface area contributed by atoms with E-state index in [9.17, 15) is 13.2 Å². The van der Waals surface area contributed by atoms with Crippen LogP contribution in [0.2, 0.25) is 0 Å². The Balaban J connectivity index is 1.66. The van der Waals surface area contributed by atoms with Crippen LogP contribution in [0.4, 0.5) is 10.5 Å². The van der Waals surface area contributed by atoms with Crippen LogP contribution in [0.3, 0.4) is 0 Å². The maximum Gasteiger partial charge on any atom is 0.321 e. The molecule has 1 N–H and O–H groups in total. The predicted molar refractivity (Wildman–Crippen MR) is 93.9 cm³/mol. The highest BCUT2D eigenvalue weighted by atomic mass is 32.2. The van der Waals surface area contributed by atoms with E-state index in [2.05, 4.69) is 17.4 Å². The van der Waals surface area contributed by atoms with Crippen molar-refractivity contribution in [3.8, 4) is 0 Å². The molecule has 0 bridgehead atoms. The topological polar surface area (TPSA) is 66.5 Å². The molecule has 1 heterocycles. The van der Waals surface area contributed by atoms with Crippen molar-refractivity contribution in [3.05, 3.63) is 60.2 Å². The van der Waals surface area contributed by atoms with Gasteiger partial charge in [0, 0.05) is 31.0 Å². The van der Waals surface area contributed by atoms with Gasteiger partial charge in [-0.1, -0.05) is 36.4 Å². The Kier molecular flexibility index (Phi) is 4.57. The van der Waals surface area contributed by atoms with Crippen LogP contribution in [0.5, 0.6) is 0 Å². The van der Waals surface area contributed by atoms with Crippen LogP contribution < -0.4 is 5.32 Å². The minimum atomic E-state index is -3.29. The molecule has 2 aromatic rings. The second kappa shape index (κ2) is 6.65. The summed E-state index contributed by atoms with van der Waals surface area (Å²) in [7, 11) is -3.29. The summed E-state index contributed by atoms with van der Waals surface area (Å²) in [4.78, 5) is 14.4. The van der Waals surface area contributed by atoms with Gasteiger partial charge < -0.3 is 10.2 Å². The molecule has 1 atom stereocenters. The lowest BCUT2D eigenvalue weighted by Crippen LogP contribution is -2.32. The van der Waals surface area contributed by atoms with Crippen LogP contribution in [-0.4, -0.2) is 38.7 Å². The highest BCUT2D eigenvalue weighted by molar-refractivity contribution is 7.90. The Bertz CT molecular complexity index is 834. The number of amides is 2. The van der Waals surface area contributed by atoms with Crippen molar-refractivity contribution in [1.82, 2.24) is 4.90 Å². The molecule has 0 unspecified atom stereocenters. The molecule has 0 spiro atoms. The fourth-order valence-electron chi connectivity index (χ4n) is 2.95. The highest BCUT2D eigenvalue weighted by Gasteiger charge is 2.27. The molecular formula is C18H20N2O3S. The molecule has 2 amide bonds. The summed E-state index contributed by atoms with van der Waals surface area (Å²) in [6.45, 7) is 1.36. The molecule has 3 rings (SSSR count). The van der Waals surface area contributed by atoms with Crippen LogP contribution in [0.1, 0.15) is 17.9 Å². The van der Waals surface area contributed by atoms with Gasteiger partial charge in [-0.05, 0) is 30.2 Å². The lowest BCUT2D eigenvalue weighted by Gasteiger charge is -2.18. The average molecular weight is 344 g/mol. The van der Waals surface area contributed by atoms with Gasteiger partial charge in [-0.15, -0.1) is 0 Å². The first-order valence-electron chi connectivity index (χ1n) is 7.84. The zero-order valence-corrected chi connectivity index (χ0v) is 14.3. The molecule has 1 aliphatic heterocycles. The zero-order valence-electron chi connectivity index (χ0n) is 13.5. The summed E-state index contributed by atoms with van der Waals surface area (Å²) in [5.74, 6) is 0.347. The summed E-state index contributed by atoms with van der Waals surface area (Å²) in [5.41, 5.74) is 1.73. The van der Waals surface area contributed by atoms with Crippen molar-refractivity contribution in [1.29, 1.82) is 0 Å². The van der Waals surface area contributed by atoms with Gasteiger partial charge >= 0.3 is 6.03 Å². The zero-order chi connectivity index (χ0) is 17.2. The first-order chi connectivity index (χ1) is 11.4. The molecule has 0 aliphatic carbocycles. The third-order valence-electron chi connectivity index (χ3n) is 4.26. The number of sulfone groups is 1. The number of benzene rings is 2. The van der Waals surface area contributed by atoms with E-state index in [0.29, 0.717) is 24.7 Å². The number of urea groups is 1. The standard InChI is InChI=1S/C18H20N2O3S/c1-24(22,23)17-9-5-8-16(12-17)19-18(21)20-11-10-15(13-20)14-6-3-2-4-7-14/h2-9,12,15H,10-11,13H2,1H3,(H,19,21)/t15-/m0/s1. The Morgan fingerprint density at radius 2 is 1.88 bits per heavy atom. The normalized spacial score (nSPS) is 17.7. The summed E-state index contributed by atoms with van der Waals surface area (Å²) in [6, 6.07) is 16.3. The number of hydrogen-bond acceptors (Lipinski definition) is 3. The van der Waals surface area contributed by atoms with Gasteiger partial charge in [0.2, 0.25) is 0 Å². The number of carbonyl (C=O) groups excluding carboxylic acids is 1. The maximum atomic E-state index is 12.4. The molecule has 0 aromatic heterocycles. The van der Waals surface area contributed by atoms with Crippen molar-refractivity contribution in [2.75, 3.05) is 24.7 Å². The van der Waals surface area contributed by atoms with E-state index in [1.54, 1.807) is 17.0 Å². The minimum absolute atomic E-state index is 0.195. The van der Waals surface area contributed by atoms with Crippen molar-refractivity contribution >= 4 is 21.6 Å². The molecule has 1 aliphatic rings. The lowest BCUT2D eigenvalue weighted by atomic mass is 9.99. The number of nitrogens with one attached hydrogen (secondary N) is 1. The van der Waals surface area contributed by atoms with Crippen molar-refractivity contribution in [3.63, 3.8) is 0 Å². The van der Waals surface area contributed by atoms with Gasteiger partial charge in [-0.25, -0.2) is 13.2 Å². The van der Waals surface area contributed by atoms with Crippen LogP contribution in [0.25, 0.3) is 0 Å². The smallest absolute Gasteiger partial charge is 0.321 e. The van der Waals surface area contributed by atoms with Crippen molar-refractivity contribution in [2.24, 2.45) is 0 Å². The van der Waals surface area contributed by atoms with E-state index in [-0.39, 0.29) is 10.9 Å². The molecule has 6 heteroatoms. The molecule has 1 fully saturated rings. The van der Waals surface area contributed by atoms with Crippen LogP contribution in [-0.2, 0) is 9.84 Å². The Hall–Kier alpha value is -2.34. The number of carbonyl (C=O) groups is 1. The van der Waals surface area contributed by atoms with Gasteiger partial charge in [0.25, 0.3) is 0 Å². The monoisotopic (exact) mass is 344 g/mol. The number of likely N-dealkylation sites (tertiary alicyclic amines) is 1. The molecule has 2 aromatic carbocycles. The maximum absolute atomic E-state index is 12.4. The molecular weight excluding hydrogens is 324 g/mol. The molecule has 5 nitrogen and oxygen atoms in total. The SMILES string of the molecule is CS(=O)(=O)c1cccc(NC(=O)N2CC[C@H](c3ccccc3)C2)c1. The number of hydrogen-bond donors (Lipinski definition) is 1. The Labute approximate surface area is 142 Å². The molecule has 0 saturated carbocycles. The van der Waals surface area contributed by atoms with Gasteiger partial charge in [-0.2, -0.15) is 0 Å². The third-order valence-corrected chi connectivity index (χ3v) is 5.37. The van der Waals surface area contributed by atoms with E-state index in [0.717, 1.165) is 12.7 Å². The van der Waals surface area contributed by atoms with E-state index in [1.165, 1.54) is 17.7 Å². The first-order valence-corrected chi connectivity index (χ1v) is 9.73. The molecule has 0 radical (unpaired) electrons. The fourth-order valence-corrected chi connectivity index (χ4v) is 3.62. The summed E-state index contributed by atoms with van der Waals surface area (Å²) in [6.07, 6.45) is 2.08. The van der Waals surface area contributed by atoms with Gasteiger partial charge in [0.15, 0.2) is 9.84 Å². The number of rotatable bonds is 3. The molecule has 126 valence electrons. The average Bonchev–Trinajstić information content (AvgIpc) is 3.05. The minimum Gasteiger partial charge on any atom is -0.324 e. The fraction of sp³-hybridized carbons (Fsp3) is 0.278. The van der Waals surface area contributed by atoms with E-state index >= 15 is 0 Å². The van der Waals surface area contributed by atoms with Crippen LogP contribution >= 0.6 is 0 Å². The van der Waals surface area contributed by atoms with E-state index in [1.807, 2.05) is 18.2 Å². The van der Waals surface area contributed by atoms with E-state index < -0.39 is 9.84 Å². The summed E-state index contributed by atoms with van der Waals surface area (Å²) >= 11 is 0. The highest BCUT2D eigenvalue weighted by Crippen LogP contribution is 2.27. The first kappa shape index (κ1) is 16.5. The van der Waals surface area contributed by atoms with Crippen LogP contribution in [0, 0.1) is 0 Å². The van der Waals surface area contributed by atoms with Crippen LogP contribution in [0.15, 0.2) is 59.5 Å². The second-order valence-electron chi connectivity index (χ2n) is 6.07. The molecule has 1 saturated heterocycles. The van der Waals surface area contributed by atoms with E-state index in [4.69, 9.17) is 0 Å². The van der Waals surface area contributed by atoms with Gasteiger partial charge in [-0.3, -0.25) is 0 Å². The van der Waals surface area contributed by atoms with Gasteiger partial charge in [0.05, 0.1) is 4.90 Å². The number of anilines is 1. The Morgan fingerprint density at radius 1 is 1.12 bits per heavy atom. The third kappa shape index (κ3) is 3.76. The quantitative estimate of drug-likeness (QED) is 0.930. The number of nitrogens with zero attached hydrogens (tertiary/aromatic N) is 1. The van der Waals surface area contributed by atoms with Crippen molar-refractivity contribution < 1.29 is 13.2 Å². The lowest BCUT2D eigenvalue weighted by molar-refractivity contribution is 0.222. The molecule has 24 heavy (non-hydrogen) atoms. The second-order valence-corrected chi connectivity index (χ2v) is 8.09.